The van der Waals surface area contributed by atoms with Crippen molar-refractivity contribution < 1.29 is 9.53 Å². The highest BCUT2D eigenvalue weighted by Gasteiger charge is 2.09. The van der Waals surface area contributed by atoms with E-state index in [1.165, 1.54) is 0 Å². The number of benzene rings is 3. The minimum Gasteiger partial charge on any atom is -0.483 e. The van der Waals surface area contributed by atoms with E-state index in [4.69, 9.17) is 16.3 Å². The zero-order chi connectivity index (χ0) is 19.5. The number of thiazole rings is 1. The van der Waals surface area contributed by atoms with Crippen molar-refractivity contribution in [1.82, 2.24) is 4.98 Å². The molecule has 0 unspecified atom stereocenters. The molecule has 0 fully saturated rings. The van der Waals surface area contributed by atoms with E-state index in [-0.39, 0.29) is 12.5 Å². The Morgan fingerprint density at radius 2 is 1.96 bits per heavy atom. The molecule has 4 nitrogen and oxygen atoms in total. The first-order valence-electron chi connectivity index (χ1n) is 8.73. The molecule has 1 N–H and O–H groups in total. The SMILES string of the molecule is Cc1cc(Cl)ccc1OCC(=O)Nc1cccc(-c2nc3ccccc3s2)c1. The van der Waals surface area contributed by atoms with Crippen LogP contribution >= 0.6 is 22.9 Å². The highest BCUT2D eigenvalue weighted by Crippen LogP contribution is 2.31. The molecule has 0 radical (unpaired) electrons. The average molecular weight is 409 g/mol. The predicted octanol–water partition coefficient (Wildman–Crippen LogP) is 5.94. The van der Waals surface area contributed by atoms with Gasteiger partial charge in [0, 0.05) is 16.3 Å². The minimum atomic E-state index is -0.226. The quantitative estimate of drug-likeness (QED) is 0.444. The Morgan fingerprint density at radius 1 is 1.11 bits per heavy atom. The van der Waals surface area contributed by atoms with Crippen molar-refractivity contribution >= 4 is 44.7 Å². The number of aromatic nitrogens is 1. The molecule has 0 aliphatic carbocycles. The highest BCUT2D eigenvalue weighted by molar-refractivity contribution is 7.21. The van der Waals surface area contributed by atoms with E-state index in [9.17, 15) is 4.79 Å². The molecule has 1 heterocycles. The first-order valence-corrected chi connectivity index (χ1v) is 9.93. The van der Waals surface area contributed by atoms with Gasteiger partial charge in [-0.3, -0.25) is 4.79 Å². The molecule has 1 amide bonds. The van der Waals surface area contributed by atoms with Gasteiger partial charge in [0.05, 0.1) is 10.2 Å². The second kappa shape index (κ2) is 8.00. The second-order valence-electron chi connectivity index (χ2n) is 6.31. The lowest BCUT2D eigenvalue weighted by atomic mass is 10.2. The fourth-order valence-corrected chi connectivity index (χ4v) is 4.03. The maximum Gasteiger partial charge on any atom is 0.262 e. The molecule has 3 aromatic carbocycles. The number of carbonyl (C=O) groups excluding carboxylic acids is 1. The number of ether oxygens (including phenoxy) is 1. The average Bonchev–Trinajstić information content (AvgIpc) is 3.12. The molecular weight excluding hydrogens is 392 g/mol. The van der Waals surface area contributed by atoms with Crippen LogP contribution in [-0.2, 0) is 4.79 Å². The van der Waals surface area contributed by atoms with Crippen LogP contribution in [0.15, 0.2) is 66.7 Å². The summed E-state index contributed by atoms with van der Waals surface area (Å²) in [5.74, 6) is 0.415. The Kier molecular flexibility index (Phi) is 5.28. The van der Waals surface area contributed by atoms with Crippen molar-refractivity contribution in [3.05, 3.63) is 77.3 Å². The van der Waals surface area contributed by atoms with Gasteiger partial charge in [-0.15, -0.1) is 11.3 Å². The lowest BCUT2D eigenvalue weighted by Gasteiger charge is -2.10. The van der Waals surface area contributed by atoms with Crippen LogP contribution < -0.4 is 10.1 Å². The van der Waals surface area contributed by atoms with Gasteiger partial charge in [-0.25, -0.2) is 4.98 Å². The number of carbonyl (C=O) groups is 1. The Labute approximate surface area is 171 Å². The standard InChI is InChI=1S/C22H17ClN2O2S/c1-14-11-16(23)9-10-19(14)27-13-21(26)24-17-6-4-5-15(12-17)22-25-18-7-2-3-8-20(18)28-22/h2-12H,13H2,1H3,(H,24,26). The van der Waals surface area contributed by atoms with Crippen molar-refractivity contribution in [2.45, 2.75) is 6.92 Å². The van der Waals surface area contributed by atoms with Gasteiger partial charge in [-0.2, -0.15) is 0 Å². The number of nitrogens with zero attached hydrogens (tertiary/aromatic N) is 1. The number of nitrogens with one attached hydrogen (secondary N) is 1. The molecule has 4 aromatic rings. The van der Waals surface area contributed by atoms with Crippen molar-refractivity contribution in [2.75, 3.05) is 11.9 Å². The van der Waals surface area contributed by atoms with Crippen molar-refractivity contribution in [1.29, 1.82) is 0 Å². The number of anilines is 1. The first-order chi connectivity index (χ1) is 13.6. The minimum absolute atomic E-state index is 0.0756. The van der Waals surface area contributed by atoms with E-state index in [0.29, 0.717) is 16.5 Å². The molecule has 0 aliphatic heterocycles. The Balaban J connectivity index is 1.44. The van der Waals surface area contributed by atoms with Gasteiger partial charge >= 0.3 is 0 Å². The van der Waals surface area contributed by atoms with Crippen molar-refractivity contribution in [3.63, 3.8) is 0 Å². The van der Waals surface area contributed by atoms with E-state index < -0.39 is 0 Å². The molecule has 0 spiro atoms. The second-order valence-corrected chi connectivity index (χ2v) is 7.78. The van der Waals surface area contributed by atoms with Crippen molar-refractivity contribution in [2.24, 2.45) is 0 Å². The normalized spacial score (nSPS) is 10.8. The van der Waals surface area contributed by atoms with Crippen LogP contribution in [0.1, 0.15) is 5.56 Å². The Bertz CT molecular complexity index is 1120. The number of aryl methyl sites for hydroxylation is 1. The number of para-hydroxylation sites is 1. The van der Waals surface area contributed by atoms with E-state index in [0.717, 1.165) is 26.4 Å². The lowest BCUT2D eigenvalue weighted by Crippen LogP contribution is -2.20. The third-order valence-corrected chi connectivity index (χ3v) is 5.50. The number of rotatable bonds is 5. The maximum absolute atomic E-state index is 12.3. The lowest BCUT2D eigenvalue weighted by molar-refractivity contribution is -0.118. The largest absolute Gasteiger partial charge is 0.483 e. The highest BCUT2D eigenvalue weighted by atomic mass is 35.5. The maximum atomic E-state index is 12.3. The number of halogens is 1. The third-order valence-electron chi connectivity index (χ3n) is 4.18. The third kappa shape index (κ3) is 4.16. The molecule has 0 aliphatic rings. The summed E-state index contributed by atoms with van der Waals surface area (Å²) in [5.41, 5.74) is 3.54. The Hall–Kier alpha value is -2.89. The molecule has 28 heavy (non-hydrogen) atoms. The molecule has 4 rings (SSSR count). The molecule has 0 atom stereocenters. The van der Waals surface area contributed by atoms with Gasteiger partial charge in [0.2, 0.25) is 0 Å². The Morgan fingerprint density at radius 3 is 2.79 bits per heavy atom. The van der Waals surface area contributed by atoms with E-state index in [1.54, 1.807) is 29.5 Å². The van der Waals surface area contributed by atoms with Gasteiger partial charge < -0.3 is 10.1 Å². The fourth-order valence-electron chi connectivity index (χ4n) is 2.84. The van der Waals surface area contributed by atoms with Crippen LogP contribution in [-0.4, -0.2) is 17.5 Å². The zero-order valence-corrected chi connectivity index (χ0v) is 16.7. The van der Waals surface area contributed by atoms with Gasteiger partial charge in [0.1, 0.15) is 10.8 Å². The van der Waals surface area contributed by atoms with E-state index >= 15 is 0 Å². The van der Waals surface area contributed by atoms with Crippen LogP contribution in [0.3, 0.4) is 0 Å². The monoisotopic (exact) mass is 408 g/mol. The van der Waals surface area contributed by atoms with Gasteiger partial charge in [0.25, 0.3) is 5.91 Å². The molecule has 0 saturated carbocycles. The first kappa shape index (κ1) is 18.5. The molecule has 0 bridgehead atoms. The number of amides is 1. The molecule has 1 aromatic heterocycles. The summed E-state index contributed by atoms with van der Waals surface area (Å²) in [6.07, 6.45) is 0. The van der Waals surface area contributed by atoms with E-state index in [1.807, 2.05) is 49.4 Å². The van der Waals surface area contributed by atoms with E-state index in [2.05, 4.69) is 16.4 Å². The van der Waals surface area contributed by atoms with Crippen LogP contribution in [0.2, 0.25) is 5.02 Å². The summed E-state index contributed by atoms with van der Waals surface area (Å²) >= 11 is 7.57. The summed E-state index contributed by atoms with van der Waals surface area (Å²) in [4.78, 5) is 16.9. The molecular formula is C22H17ClN2O2S. The van der Waals surface area contributed by atoms with Crippen LogP contribution in [0, 0.1) is 6.92 Å². The summed E-state index contributed by atoms with van der Waals surface area (Å²) < 4.78 is 6.74. The molecule has 6 heteroatoms. The number of hydrogen-bond donors (Lipinski definition) is 1. The number of fused-ring (bicyclic) bond motifs is 1. The van der Waals surface area contributed by atoms with Crippen LogP contribution in [0.5, 0.6) is 5.75 Å². The van der Waals surface area contributed by atoms with Gasteiger partial charge in [0.15, 0.2) is 6.61 Å². The summed E-state index contributed by atoms with van der Waals surface area (Å²) in [6.45, 7) is 1.81. The smallest absolute Gasteiger partial charge is 0.262 e. The predicted molar refractivity (Wildman–Crippen MR) is 115 cm³/mol. The topological polar surface area (TPSA) is 51.2 Å². The van der Waals surface area contributed by atoms with Gasteiger partial charge in [-0.1, -0.05) is 35.9 Å². The van der Waals surface area contributed by atoms with Crippen molar-refractivity contribution in [3.8, 4) is 16.3 Å². The van der Waals surface area contributed by atoms with Crippen LogP contribution in [0.4, 0.5) is 5.69 Å². The summed E-state index contributed by atoms with van der Waals surface area (Å²) in [7, 11) is 0. The summed E-state index contributed by atoms with van der Waals surface area (Å²) in [6, 6.07) is 21.0. The van der Waals surface area contributed by atoms with Crippen LogP contribution in [0.25, 0.3) is 20.8 Å². The number of hydrogen-bond acceptors (Lipinski definition) is 4. The zero-order valence-electron chi connectivity index (χ0n) is 15.1. The van der Waals surface area contributed by atoms with Gasteiger partial charge in [-0.05, 0) is 55.0 Å². The fraction of sp³-hybridized carbons (Fsp3) is 0.0909. The summed E-state index contributed by atoms with van der Waals surface area (Å²) in [5, 5.41) is 4.44. The molecule has 0 saturated heterocycles. The molecule has 140 valence electrons.